The summed E-state index contributed by atoms with van der Waals surface area (Å²) in [6.07, 6.45) is -22.4. The van der Waals surface area contributed by atoms with E-state index in [1.807, 2.05) is 0 Å². The highest BCUT2D eigenvalue weighted by Crippen LogP contribution is 2.43. The average molecular weight is 904 g/mol. The number of phenols is 4. The summed E-state index contributed by atoms with van der Waals surface area (Å²) < 4.78 is 51.2. The van der Waals surface area contributed by atoms with Crippen LogP contribution in [0.5, 0.6) is 34.5 Å². The number of carbonyl (C=O) groups is 1. The minimum atomic E-state index is -2.02. The Balaban J connectivity index is 1.13. The molecule has 64 heavy (non-hydrogen) atoms. The van der Waals surface area contributed by atoms with Gasteiger partial charge in [0.25, 0.3) is 0 Å². The highest BCUT2D eigenvalue weighted by Gasteiger charge is 2.52. The molecule has 0 saturated carbocycles. The number of hydrogen-bond donors (Lipinski definition) is 12. The molecular weight excluding hydrogens is 856 g/mol. The summed E-state index contributed by atoms with van der Waals surface area (Å²) in [7, 11) is 1.48. The first-order valence-corrected chi connectivity index (χ1v) is 19.7. The first-order valence-electron chi connectivity index (χ1n) is 19.7. The van der Waals surface area contributed by atoms with Gasteiger partial charge in [-0.15, -0.1) is 0 Å². The maximum atomic E-state index is 12.5. The predicted octanol–water partition coefficient (Wildman–Crippen LogP) is -1.06. The van der Waals surface area contributed by atoms with Crippen LogP contribution in [0.3, 0.4) is 0 Å². The SMILES string of the molecule is COc1cccc(/C=C/C(=O)OC[C@H]2O[C@@H](OC[C@H]3O[C@@H](Oc4cc5c(O)cc(O)cc5[o+]c4-c4ccc(O)c(O)c4)[C@H](O[C@@H]4OC[C@@H](O)[C@H](O)[C@H]4O)[C@@H](O)[C@H]3O)[C@H](O)[C@@H](O)[C@@H]2O)c1. The van der Waals surface area contributed by atoms with Gasteiger partial charge in [0.15, 0.2) is 30.2 Å². The minimum absolute atomic E-state index is 0.0336. The number of fused-ring (bicyclic) bond motifs is 1. The van der Waals surface area contributed by atoms with Gasteiger partial charge in [0.1, 0.15) is 90.3 Å². The topological polar surface area (TPSA) is 345 Å². The molecule has 3 aliphatic heterocycles. The van der Waals surface area contributed by atoms with Crippen LogP contribution in [0.25, 0.3) is 28.4 Å². The molecule has 22 nitrogen and oxygen atoms in total. The molecule has 3 aliphatic rings. The van der Waals surface area contributed by atoms with E-state index >= 15 is 0 Å². The Morgan fingerprint density at radius 2 is 1.45 bits per heavy atom. The standard InChI is InChI=1S/C42H46O22/c1-56-20-4-2-3-17(9-20)5-8-30(48)57-15-28-32(50)34(52)37(55)40(62-28)59-16-29-33(51)35(53)39(64-41-36(54)31(49)25(47)14-58-41)42(63-29)61-27-13-21-23(45)11-19(43)12-26(21)60-38(27)18-6-7-22(44)24(46)10-18/h2-13,25,28-29,31-37,39-42,47,49-55H,14-16H2,1H3,(H3-,43,44,45,46)/p+1/b8-5+/t25-,28-,29-,31+,32-,33+,34+,35+,36-,37-,39-,40-,41+,42-/m1/s1. The molecule has 4 heterocycles. The molecule has 7 rings (SSSR count). The fourth-order valence-corrected chi connectivity index (χ4v) is 7.10. The van der Waals surface area contributed by atoms with E-state index in [4.69, 9.17) is 42.3 Å². The molecule has 3 aromatic carbocycles. The van der Waals surface area contributed by atoms with Crippen LogP contribution in [0.15, 0.2) is 71.2 Å². The van der Waals surface area contributed by atoms with Gasteiger partial charge in [-0.2, -0.15) is 0 Å². The third-order valence-electron chi connectivity index (χ3n) is 10.7. The van der Waals surface area contributed by atoms with E-state index in [2.05, 4.69) is 0 Å². The number of aliphatic hydroxyl groups excluding tert-OH is 8. The first kappa shape index (κ1) is 46.5. The van der Waals surface area contributed by atoms with Gasteiger partial charge < -0.3 is 99.2 Å². The number of carbonyl (C=O) groups excluding carboxylic acids is 1. The number of methoxy groups -OCH3 is 1. The first-order chi connectivity index (χ1) is 30.5. The molecule has 0 radical (unpaired) electrons. The van der Waals surface area contributed by atoms with Crippen LogP contribution in [-0.2, 0) is 33.2 Å². The summed E-state index contributed by atoms with van der Waals surface area (Å²) in [5.41, 5.74) is 0.586. The number of hydrogen-bond acceptors (Lipinski definition) is 21. The molecule has 1 aromatic heterocycles. The fourth-order valence-electron chi connectivity index (χ4n) is 7.10. The number of aliphatic hydroxyl groups is 8. The molecule has 4 aromatic rings. The second-order valence-electron chi connectivity index (χ2n) is 15.1. The van der Waals surface area contributed by atoms with Crippen LogP contribution in [0.2, 0.25) is 0 Å². The molecule has 14 atom stereocenters. The van der Waals surface area contributed by atoms with Gasteiger partial charge in [0.05, 0.1) is 32.0 Å². The second-order valence-corrected chi connectivity index (χ2v) is 15.1. The molecule has 3 fully saturated rings. The smallest absolute Gasteiger partial charge is 0.402 e. The van der Waals surface area contributed by atoms with Crippen molar-refractivity contribution in [2.75, 3.05) is 26.9 Å². The number of rotatable bonds is 13. The number of ether oxygens (including phenoxy) is 8. The van der Waals surface area contributed by atoms with Crippen LogP contribution in [-0.4, -0.2) is 180 Å². The van der Waals surface area contributed by atoms with Crippen LogP contribution < -0.4 is 9.47 Å². The Labute approximate surface area is 362 Å². The van der Waals surface area contributed by atoms with Gasteiger partial charge in [-0.05, 0) is 35.9 Å². The van der Waals surface area contributed by atoms with Gasteiger partial charge >= 0.3 is 17.3 Å². The summed E-state index contributed by atoms with van der Waals surface area (Å²) in [6.45, 7) is -1.89. The maximum Gasteiger partial charge on any atom is 0.402 e. The number of esters is 1. The van der Waals surface area contributed by atoms with E-state index in [-0.39, 0.29) is 33.8 Å². The molecule has 0 amide bonds. The van der Waals surface area contributed by atoms with Crippen molar-refractivity contribution in [2.45, 2.75) is 86.0 Å². The highest BCUT2D eigenvalue weighted by molar-refractivity contribution is 5.89. The molecule has 12 N–H and O–H groups in total. The van der Waals surface area contributed by atoms with Gasteiger partial charge in [0.2, 0.25) is 12.0 Å². The van der Waals surface area contributed by atoms with Crippen molar-refractivity contribution in [3.05, 3.63) is 72.3 Å². The van der Waals surface area contributed by atoms with Crippen LogP contribution in [0.1, 0.15) is 5.56 Å². The lowest BCUT2D eigenvalue weighted by molar-refractivity contribution is -0.353. The van der Waals surface area contributed by atoms with E-state index in [1.54, 1.807) is 24.3 Å². The summed E-state index contributed by atoms with van der Waals surface area (Å²) in [4.78, 5) is 12.5. The third kappa shape index (κ3) is 10.1. The summed E-state index contributed by atoms with van der Waals surface area (Å²) >= 11 is 0. The largest absolute Gasteiger partial charge is 0.507 e. The van der Waals surface area contributed by atoms with Crippen molar-refractivity contribution in [1.29, 1.82) is 0 Å². The molecule has 0 unspecified atom stereocenters. The lowest BCUT2D eigenvalue weighted by Crippen LogP contribution is -2.64. The van der Waals surface area contributed by atoms with Crippen molar-refractivity contribution in [3.63, 3.8) is 0 Å². The Bertz CT molecular complexity index is 2290. The molecule has 346 valence electrons. The normalized spacial score (nSPS) is 32.1. The summed E-state index contributed by atoms with van der Waals surface area (Å²) in [6, 6.07) is 13.7. The van der Waals surface area contributed by atoms with Crippen molar-refractivity contribution >= 4 is 23.0 Å². The van der Waals surface area contributed by atoms with Crippen LogP contribution in [0, 0.1) is 0 Å². The number of benzene rings is 3. The van der Waals surface area contributed by atoms with E-state index in [1.165, 1.54) is 25.3 Å². The van der Waals surface area contributed by atoms with Crippen LogP contribution in [0.4, 0.5) is 0 Å². The minimum Gasteiger partial charge on any atom is -0.507 e. The lowest BCUT2D eigenvalue weighted by Gasteiger charge is -2.45. The van der Waals surface area contributed by atoms with Crippen molar-refractivity contribution in [3.8, 4) is 45.8 Å². The molecule has 3 saturated heterocycles. The van der Waals surface area contributed by atoms with E-state index in [0.717, 1.165) is 30.3 Å². The third-order valence-corrected chi connectivity index (χ3v) is 10.7. The maximum absolute atomic E-state index is 12.5. The molecule has 0 bridgehead atoms. The van der Waals surface area contributed by atoms with Crippen molar-refractivity contribution < 1.29 is 108 Å². The highest BCUT2D eigenvalue weighted by atomic mass is 16.8. The number of aromatic hydroxyl groups is 4. The van der Waals surface area contributed by atoms with Gasteiger partial charge in [0, 0.05) is 24.3 Å². The fraction of sp³-hybridized carbons (Fsp3) is 0.429. The molecule has 22 heteroatoms. The number of phenolic OH excluding ortho intramolecular Hbond substituents is 4. The monoisotopic (exact) mass is 903 g/mol. The Morgan fingerprint density at radius 1 is 0.734 bits per heavy atom. The Kier molecular flexibility index (Phi) is 14.4. The average Bonchev–Trinajstić information content (AvgIpc) is 3.27. The summed E-state index contributed by atoms with van der Waals surface area (Å²) in [5, 5.41) is 127. The van der Waals surface area contributed by atoms with Gasteiger partial charge in [-0.25, -0.2) is 9.21 Å². The zero-order valence-electron chi connectivity index (χ0n) is 33.6. The van der Waals surface area contributed by atoms with E-state index in [0.29, 0.717) is 11.3 Å². The Morgan fingerprint density at radius 3 is 2.20 bits per heavy atom. The molecule has 0 aliphatic carbocycles. The second kappa shape index (κ2) is 19.7. The molecular formula is C42H47O22+. The predicted molar refractivity (Wildman–Crippen MR) is 212 cm³/mol. The zero-order chi connectivity index (χ0) is 46.0. The van der Waals surface area contributed by atoms with Crippen molar-refractivity contribution in [2.24, 2.45) is 0 Å². The van der Waals surface area contributed by atoms with Gasteiger partial charge in [-0.3, -0.25) is 0 Å². The Hall–Kier alpha value is -5.44. The van der Waals surface area contributed by atoms with E-state index < -0.39 is 129 Å². The lowest BCUT2D eigenvalue weighted by atomic mass is 9.98. The van der Waals surface area contributed by atoms with Gasteiger partial charge in [-0.1, -0.05) is 12.1 Å². The summed E-state index contributed by atoms with van der Waals surface area (Å²) in [5.74, 6) is -2.77. The quantitative estimate of drug-likeness (QED) is 0.0329. The zero-order valence-corrected chi connectivity index (χ0v) is 33.6. The van der Waals surface area contributed by atoms with Crippen molar-refractivity contribution in [1.82, 2.24) is 0 Å². The molecule has 0 spiro atoms. The van der Waals surface area contributed by atoms with E-state index in [9.17, 15) is 66.1 Å². The van der Waals surface area contributed by atoms with Crippen LogP contribution >= 0.6 is 0 Å².